The van der Waals surface area contributed by atoms with Crippen LogP contribution in [0.15, 0.2) is 18.2 Å². The number of benzene rings is 1. The Balaban J connectivity index is 1.97. The molecular weight excluding hydrogens is 252 g/mol. The Bertz CT molecular complexity index is 558. The molecule has 0 bridgehead atoms. The van der Waals surface area contributed by atoms with Crippen molar-refractivity contribution in [3.63, 3.8) is 0 Å². The van der Waals surface area contributed by atoms with Gasteiger partial charge >= 0.3 is 0 Å². The number of hydrogen-bond acceptors (Lipinski definition) is 2. The van der Waals surface area contributed by atoms with E-state index in [-0.39, 0.29) is 35.8 Å². The lowest BCUT2D eigenvalue weighted by Gasteiger charge is -2.29. The summed E-state index contributed by atoms with van der Waals surface area (Å²) in [6.07, 6.45) is 0. The van der Waals surface area contributed by atoms with Crippen LogP contribution in [0.5, 0.6) is 0 Å². The average Bonchev–Trinajstić information content (AvgIpc) is 2.76. The van der Waals surface area contributed by atoms with E-state index in [0.29, 0.717) is 5.69 Å². The number of piperidine rings is 1. The van der Waals surface area contributed by atoms with Gasteiger partial charge in [-0.15, -0.1) is 0 Å². The Morgan fingerprint density at radius 1 is 1.32 bits per heavy atom. The molecule has 0 aromatic heterocycles. The van der Waals surface area contributed by atoms with Crippen molar-refractivity contribution in [2.75, 3.05) is 11.5 Å². The molecule has 5 heteroatoms. The van der Waals surface area contributed by atoms with Crippen molar-refractivity contribution < 1.29 is 18.7 Å². The van der Waals surface area contributed by atoms with E-state index in [9.17, 15) is 18.7 Å². The van der Waals surface area contributed by atoms with Gasteiger partial charge in [-0.05, 0) is 23.5 Å². The van der Waals surface area contributed by atoms with Gasteiger partial charge in [0.1, 0.15) is 0 Å². The minimum absolute atomic E-state index is 0.0816. The zero-order chi connectivity index (χ0) is 13.9. The van der Waals surface area contributed by atoms with E-state index in [1.807, 2.05) is 13.8 Å². The SMILES string of the molecule is CC1(C)C2C(=O)N(c3ccc(F)c(F)c3)[C@H](CO)C21. The first-order chi connectivity index (χ1) is 8.89. The van der Waals surface area contributed by atoms with Crippen LogP contribution in [-0.2, 0) is 4.79 Å². The highest BCUT2D eigenvalue weighted by molar-refractivity contribution is 6.02. The van der Waals surface area contributed by atoms with Gasteiger partial charge in [0.25, 0.3) is 0 Å². The standard InChI is InChI=1S/C14H15F2NO2/c1-14(2)11-10(6-18)17(13(19)12(11)14)7-3-4-8(15)9(16)5-7/h3-5,10-12,18H,6H2,1-2H3/t10-,11?,12?/m1/s1. The van der Waals surface area contributed by atoms with Crippen molar-refractivity contribution in [2.45, 2.75) is 19.9 Å². The molecule has 2 fully saturated rings. The molecule has 1 aromatic carbocycles. The molecule has 2 aliphatic rings. The topological polar surface area (TPSA) is 40.5 Å². The molecule has 1 N–H and O–H groups in total. The molecule has 1 aliphatic carbocycles. The van der Waals surface area contributed by atoms with Crippen molar-refractivity contribution in [3.05, 3.63) is 29.8 Å². The smallest absolute Gasteiger partial charge is 0.231 e. The van der Waals surface area contributed by atoms with Gasteiger partial charge in [-0.2, -0.15) is 0 Å². The van der Waals surface area contributed by atoms with E-state index < -0.39 is 11.6 Å². The largest absolute Gasteiger partial charge is 0.394 e. The van der Waals surface area contributed by atoms with Crippen LogP contribution in [0.3, 0.4) is 0 Å². The quantitative estimate of drug-likeness (QED) is 0.889. The summed E-state index contributed by atoms with van der Waals surface area (Å²) >= 11 is 0. The summed E-state index contributed by atoms with van der Waals surface area (Å²) in [5.74, 6) is -2.08. The van der Waals surface area contributed by atoms with Gasteiger partial charge < -0.3 is 10.0 Å². The molecule has 1 amide bonds. The monoisotopic (exact) mass is 267 g/mol. The molecule has 1 heterocycles. The Hall–Kier alpha value is -1.49. The van der Waals surface area contributed by atoms with Crippen LogP contribution in [0.25, 0.3) is 0 Å². The van der Waals surface area contributed by atoms with Gasteiger partial charge in [-0.25, -0.2) is 8.78 Å². The number of anilines is 1. The second-order valence-electron chi connectivity index (χ2n) is 5.88. The number of aliphatic hydroxyl groups is 1. The van der Waals surface area contributed by atoms with Gasteiger partial charge in [-0.3, -0.25) is 4.79 Å². The third kappa shape index (κ3) is 1.54. The summed E-state index contributed by atoms with van der Waals surface area (Å²) in [5.41, 5.74) is 0.200. The summed E-state index contributed by atoms with van der Waals surface area (Å²) in [5, 5.41) is 9.51. The van der Waals surface area contributed by atoms with Crippen LogP contribution in [0, 0.1) is 28.9 Å². The van der Waals surface area contributed by atoms with Gasteiger partial charge in [0, 0.05) is 17.7 Å². The Morgan fingerprint density at radius 3 is 2.58 bits per heavy atom. The fraction of sp³-hybridized carbons (Fsp3) is 0.500. The zero-order valence-electron chi connectivity index (χ0n) is 10.7. The number of amides is 1. The Kier molecular flexibility index (Phi) is 2.48. The van der Waals surface area contributed by atoms with E-state index in [1.54, 1.807) is 0 Å². The van der Waals surface area contributed by atoms with E-state index >= 15 is 0 Å². The summed E-state index contributed by atoms with van der Waals surface area (Å²) in [6, 6.07) is 3.03. The molecular formula is C14H15F2NO2. The third-order valence-electron chi connectivity index (χ3n) is 4.53. The fourth-order valence-corrected chi connectivity index (χ4v) is 3.49. The van der Waals surface area contributed by atoms with Gasteiger partial charge in [0.05, 0.1) is 12.6 Å². The average molecular weight is 267 g/mol. The highest BCUT2D eigenvalue weighted by Crippen LogP contribution is 2.65. The normalized spacial score (nSPS) is 31.5. The maximum atomic E-state index is 13.3. The molecule has 0 radical (unpaired) electrons. The molecule has 0 spiro atoms. The summed E-state index contributed by atoms with van der Waals surface area (Å²) in [4.78, 5) is 13.7. The maximum Gasteiger partial charge on any atom is 0.231 e. The molecule has 2 unspecified atom stereocenters. The van der Waals surface area contributed by atoms with E-state index in [2.05, 4.69) is 0 Å². The number of hydrogen-bond donors (Lipinski definition) is 1. The van der Waals surface area contributed by atoms with E-state index in [0.717, 1.165) is 12.1 Å². The van der Waals surface area contributed by atoms with Gasteiger partial charge in [-0.1, -0.05) is 13.8 Å². The number of nitrogens with zero attached hydrogens (tertiary/aromatic N) is 1. The number of carbonyl (C=O) groups is 1. The molecule has 1 saturated heterocycles. The number of carbonyl (C=O) groups excluding carboxylic acids is 1. The Morgan fingerprint density at radius 2 is 2.00 bits per heavy atom. The Labute approximate surface area is 109 Å². The van der Waals surface area contributed by atoms with Crippen LogP contribution in [0.4, 0.5) is 14.5 Å². The van der Waals surface area contributed by atoms with E-state index in [4.69, 9.17) is 0 Å². The van der Waals surface area contributed by atoms with Crippen LogP contribution in [0.2, 0.25) is 0 Å². The van der Waals surface area contributed by atoms with E-state index in [1.165, 1.54) is 11.0 Å². The van der Waals surface area contributed by atoms with Crippen LogP contribution in [-0.4, -0.2) is 23.7 Å². The van der Waals surface area contributed by atoms with Gasteiger partial charge in [0.15, 0.2) is 11.6 Å². The van der Waals surface area contributed by atoms with Crippen molar-refractivity contribution in [1.29, 1.82) is 0 Å². The molecule has 19 heavy (non-hydrogen) atoms. The molecule has 1 saturated carbocycles. The summed E-state index contributed by atoms with van der Waals surface area (Å²) < 4.78 is 26.2. The molecule has 3 nitrogen and oxygen atoms in total. The first-order valence-electron chi connectivity index (χ1n) is 6.28. The molecule has 3 atom stereocenters. The zero-order valence-corrected chi connectivity index (χ0v) is 10.7. The lowest BCUT2D eigenvalue weighted by atomic mass is 10.0. The highest BCUT2D eigenvalue weighted by Gasteiger charge is 2.71. The van der Waals surface area contributed by atoms with Crippen molar-refractivity contribution in [2.24, 2.45) is 17.3 Å². The number of aliphatic hydroxyl groups excluding tert-OH is 1. The van der Waals surface area contributed by atoms with Crippen LogP contribution in [0.1, 0.15) is 13.8 Å². The number of rotatable bonds is 2. The number of halogens is 2. The summed E-state index contributed by atoms with van der Waals surface area (Å²) in [6.45, 7) is 3.81. The molecule has 1 aromatic rings. The minimum atomic E-state index is -0.984. The number of fused-ring (bicyclic) bond motifs is 1. The predicted molar refractivity (Wildman–Crippen MR) is 65.5 cm³/mol. The lowest BCUT2D eigenvalue weighted by Crippen LogP contribution is -2.42. The van der Waals surface area contributed by atoms with Gasteiger partial charge in [0.2, 0.25) is 5.91 Å². The fourth-order valence-electron chi connectivity index (χ4n) is 3.49. The van der Waals surface area contributed by atoms with Crippen molar-refractivity contribution >= 4 is 11.6 Å². The second kappa shape index (κ2) is 3.76. The third-order valence-corrected chi connectivity index (χ3v) is 4.53. The van der Waals surface area contributed by atoms with Crippen LogP contribution < -0.4 is 4.90 Å². The van der Waals surface area contributed by atoms with Crippen LogP contribution >= 0.6 is 0 Å². The first-order valence-corrected chi connectivity index (χ1v) is 6.28. The highest BCUT2D eigenvalue weighted by atomic mass is 19.2. The van der Waals surface area contributed by atoms with Crippen molar-refractivity contribution in [3.8, 4) is 0 Å². The maximum absolute atomic E-state index is 13.3. The second-order valence-corrected chi connectivity index (χ2v) is 5.88. The lowest BCUT2D eigenvalue weighted by molar-refractivity contribution is -0.119. The van der Waals surface area contributed by atoms with Crippen molar-refractivity contribution in [1.82, 2.24) is 0 Å². The first kappa shape index (κ1) is 12.5. The predicted octanol–water partition coefficient (Wildman–Crippen LogP) is 1.94. The minimum Gasteiger partial charge on any atom is -0.394 e. The molecule has 3 rings (SSSR count). The molecule has 102 valence electrons. The molecule has 1 aliphatic heterocycles. The summed E-state index contributed by atoms with van der Waals surface area (Å²) in [7, 11) is 0.